The molecule has 0 saturated carbocycles. The molecule has 1 N–H and O–H groups in total. The van der Waals surface area contributed by atoms with Crippen LogP contribution in [0.15, 0.2) is 30.3 Å². The molecule has 0 radical (unpaired) electrons. The first kappa shape index (κ1) is 10.8. The third kappa shape index (κ3) is 1.85. The summed E-state index contributed by atoms with van der Waals surface area (Å²) in [6.45, 7) is 0. The Morgan fingerprint density at radius 2 is 1.82 bits per heavy atom. The van der Waals surface area contributed by atoms with Crippen LogP contribution >= 0.6 is 0 Å². The smallest absolute Gasteiger partial charge is 0.336 e. The topological polar surface area (TPSA) is 37.3 Å². The molecule has 0 bridgehead atoms. The van der Waals surface area contributed by atoms with E-state index >= 15 is 0 Å². The Labute approximate surface area is 98.9 Å². The van der Waals surface area contributed by atoms with Gasteiger partial charge in [0.15, 0.2) is 0 Å². The van der Waals surface area contributed by atoms with Crippen molar-refractivity contribution in [3.63, 3.8) is 0 Å². The van der Waals surface area contributed by atoms with Gasteiger partial charge in [0.25, 0.3) is 0 Å². The molecule has 0 aliphatic rings. The highest BCUT2D eigenvalue weighted by Crippen LogP contribution is 2.21. The van der Waals surface area contributed by atoms with Crippen LogP contribution in [-0.4, -0.2) is 11.1 Å². The number of carboxylic acid groups (broad SMARTS) is 1. The molecule has 0 spiro atoms. The molecule has 2 nitrogen and oxygen atoms in total. The zero-order chi connectivity index (χ0) is 12.4. The van der Waals surface area contributed by atoms with Crippen LogP contribution in [0.1, 0.15) is 21.5 Å². The molecule has 0 saturated heterocycles. The lowest BCUT2D eigenvalue weighted by Crippen LogP contribution is -2.00. The standard InChI is InChI=1S/C15H8O2/c1-3-10-5-6-12-9-14(15(16)17)11(4-2)8-13(12)7-10/h1-2,5-9H,(H,16,17). The minimum Gasteiger partial charge on any atom is -0.478 e. The third-order valence-corrected chi connectivity index (χ3v) is 2.53. The van der Waals surface area contributed by atoms with E-state index in [1.165, 1.54) is 0 Å². The largest absolute Gasteiger partial charge is 0.478 e. The van der Waals surface area contributed by atoms with Crippen molar-refractivity contribution < 1.29 is 9.90 Å². The van der Waals surface area contributed by atoms with Crippen LogP contribution in [0.3, 0.4) is 0 Å². The van der Waals surface area contributed by atoms with E-state index in [2.05, 4.69) is 11.8 Å². The Balaban J connectivity index is 2.80. The maximum atomic E-state index is 11.0. The van der Waals surface area contributed by atoms with E-state index in [4.69, 9.17) is 18.0 Å². The number of rotatable bonds is 1. The van der Waals surface area contributed by atoms with Crippen LogP contribution in [0, 0.1) is 24.7 Å². The summed E-state index contributed by atoms with van der Waals surface area (Å²) in [6, 6.07) is 8.59. The van der Waals surface area contributed by atoms with Crippen molar-refractivity contribution in [2.45, 2.75) is 0 Å². The van der Waals surface area contributed by atoms with Crippen LogP contribution in [-0.2, 0) is 0 Å². The average molecular weight is 220 g/mol. The van der Waals surface area contributed by atoms with Gasteiger partial charge in [-0.15, -0.1) is 12.8 Å². The highest BCUT2D eigenvalue weighted by atomic mass is 16.4. The Morgan fingerprint density at radius 3 is 2.41 bits per heavy atom. The summed E-state index contributed by atoms with van der Waals surface area (Å²) in [7, 11) is 0. The molecule has 2 aromatic carbocycles. The van der Waals surface area contributed by atoms with Gasteiger partial charge in [-0.2, -0.15) is 0 Å². The summed E-state index contributed by atoms with van der Waals surface area (Å²) in [5.74, 6) is 3.87. The first-order valence-corrected chi connectivity index (χ1v) is 4.90. The quantitative estimate of drug-likeness (QED) is 0.750. The summed E-state index contributed by atoms with van der Waals surface area (Å²) in [5.41, 5.74) is 1.23. The van der Waals surface area contributed by atoms with Gasteiger partial charge in [-0.1, -0.05) is 17.9 Å². The third-order valence-electron chi connectivity index (χ3n) is 2.53. The van der Waals surface area contributed by atoms with E-state index in [0.29, 0.717) is 5.56 Å². The van der Waals surface area contributed by atoms with E-state index < -0.39 is 5.97 Å². The molecule has 0 amide bonds. The van der Waals surface area contributed by atoms with E-state index in [1.807, 2.05) is 6.07 Å². The lowest BCUT2D eigenvalue weighted by molar-refractivity contribution is 0.0697. The Hall–Kier alpha value is -2.71. The molecule has 2 aromatic rings. The molecule has 0 fully saturated rings. The fourth-order valence-corrected chi connectivity index (χ4v) is 1.68. The summed E-state index contributed by atoms with van der Waals surface area (Å²) >= 11 is 0. The van der Waals surface area contributed by atoms with Gasteiger partial charge in [-0.05, 0) is 35.0 Å². The summed E-state index contributed by atoms with van der Waals surface area (Å²) in [5, 5.41) is 10.7. The van der Waals surface area contributed by atoms with Gasteiger partial charge in [0.1, 0.15) is 0 Å². The molecular weight excluding hydrogens is 212 g/mol. The fraction of sp³-hybridized carbons (Fsp3) is 0. The Bertz CT molecular complexity index is 697. The van der Waals surface area contributed by atoms with Crippen molar-refractivity contribution >= 4 is 16.7 Å². The monoisotopic (exact) mass is 220 g/mol. The predicted octanol–water partition coefficient (Wildman–Crippen LogP) is 2.50. The Morgan fingerprint density at radius 1 is 1.06 bits per heavy atom. The maximum Gasteiger partial charge on any atom is 0.336 e. The molecule has 0 aliphatic heterocycles. The zero-order valence-corrected chi connectivity index (χ0v) is 8.90. The van der Waals surface area contributed by atoms with Crippen molar-refractivity contribution in [2.75, 3.05) is 0 Å². The number of carbonyl (C=O) groups is 1. The van der Waals surface area contributed by atoms with Crippen molar-refractivity contribution in [1.29, 1.82) is 0 Å². The van der Waals surface area contributed by atoms with Gasteiger partial charge in [0.05, 0.1) is 5.56 Å². The maximum absolute atomic E-state index is 11.0. The van der Waals surface area contributed by atoms with Gasteiger partial charge < -0.3 is 5.11 Å². The van der Waals surface area contributed by atoms with Crippen molar-refractivity contribution in [2.24, 2.45) is 0 Å². The first-order chi connectivity index (χ1) is 8.15. The number of terminal acetylenes is 2. The number of fused-ring (bicyclic) bond motifs is 1. The molecular formula is C15H8O2. The van der Waals surface area contributed by atoms with Crippen LogP contribution in [0.5, 0.6) is 0 Å². The second-order valence-electron chi connectivity index (χ2n) is 3.55. The Kier molecular flexibility index (Phi) is 2.57. The second kappa shape index (κ2) is 4.04. The number of hydrogen-bond acceptors (Lipinski definition) is 1. The molecule has 80 valence electrons. The number of aromatic carboxylic acids is 1. The molecule has 17 heavy (non-hydrogen) atoms. The summed E-state index contributed by atoms with van der Waals surface area (Å²) < 4.78 is 0. The summed E-state index contributed by atoms with van der Waals surface area (Å²) in [6.07, 6.45) is 10.6. The molecule has 0 heterocycles. The number of carboxylic acids is 1. The van der Waals surface area contributed by atoms with E-state index in [-0.39, 0.29) is 5.56 Å². The van der Waals surface area contributed by atoms with Crippen molar-refractivity contribution in [1.82, 2.24) is 0 Å². The van der Waals surface area contributed by atoms with Crippen LogP contribution in [0.25, 0.3) is 10.8 Å². The van der Waals surface area contributed by atoms with Crippen LogP contribution in [0.4, 0.5) is 0 Å². The minimum atomic E-state index is -1.03. The molecule has 0 unspecified atom stereocenters. The SMILES string of the molecule is C#Cc1ccc2cc(C(=O)O)c(C#C)cc2c1. The van der Waals surface area contributed by atoms with E-state index in [1.54, 1.807) is 24.3 Å². The van der Waals surface area contributed by atoms with Gasteiger partial charge in [-0.25, -0.2) is 4.79 Å². The predicted molar refractivity (Wildman–Crippen MR) is 66.8 cm³/mol. The molecule has 0 aliphatic carbocycles. The minimum absolute atomic E-state index is 0.133. The van der Waals surface area contributed by atoms with E-state index in [0.717, 1.165) is 16.3 Å². The van der Waals surface area contributed by atoms with Gasteiger partial charge >= 0.3 is 5.97 Å². The number of benzene rings is 2. The summed E-state index contributed by atoms with van der Waals surface area (Å²) in [4.78, 5) is 11.0. The van der Waals surface area contributed by atoms with Gasteiger partial charge in [0.2, 0.25) is 0 Å². The van der Waals surface area contributed by atoms with E-state index in [9.17, 15) is 4.79 Å². The lowest BCUT2D eigenvalue weighted by Gasteiger charge is -2.04. The highest BCUT2D eigenvalue weighted by molar-refractivity contribution is 5.97. The normalized spacial score (nSPS) is 9.53. The molecule has 0 atom stereocenters. The molecule has 2 rings (SSSR count). The zero-order valence-electron chi connectivity index (χ0n) is 8.90. The van der Waals surface area contributed by atoms with Gasteiger partial charge in [-0.3, -0.25) is 0 Å². The molecule has 0 aromatic heterocycles. The second-order valence-corrected chi connectivity index (χ2v) is 3.55. The molecule has 2 heteroatoms. The van der Waals surface area contributed by atoms with Crippen molar-refractivity contribution in [3.8, 4) is 24.7 Å². The van der Waals surface area contributed by atoms with Crippen LogP contribution in [0.2, 0.25) is 0 Å². The number of hydrogen-bond donors (Lipinski definition) is 1. The average Bonchev–Trinajstić information content (AvgIpc) is 2.36. The van der Waals surface area contributed by atoms with Gasteiger partial charge in [0, 0.05) is 11.1 Å². The first-order valence-electron chi connectivity index (χ1n) is 4.90. The lowest BCUT2D eigenvalue weighted by atomic mass is 10.00. The van der Waals surface area contributed by atoms with Crippen LogP contribution < -0.4 is 0 Å². The fourth-order valence-electron chi connectivity index (χ4n) is 1.68. The highest BCUT2D eigenvalue weighted by Gasteiger charge is 2.10. The van der Waals surface area contributed by atoms with Crippen molar-refractivity contribution in [3.05, 3.63) is 47.0 Å².